The second-order valence-electron chi connectivity index (χ2n) is 7.75. The van der Waals surface area contributed by atoms with Crippen LogP contribution in [0.1, 0.15) is 44.1 Å². The summed E-state index contributed by atoms with van der Waals surface area (Å²) in [5.74, 6) is 0.0326. The van der Waals surface area contributed by atoms with Crippen LogP contribution in [0.2, 0.25) is 10.0 Å². The lowest BCUT2D eigenvalue weighted by molar-refractivity contribution is -0.130. The third-order valence-corrected chi connectivity index (χ3v) is 6.42. The molecule has 1 heterocycles. The predicted molar refractivity (Wildman–Crippen MR) is 118 cm³/mol. The molecule has 5 nitrogen and oxygen atoms in total. The number of halogens is 2. The van der Waals surface area contributed by atoms with E-state index in [1.807, 2.05) is 11.0 Å². The molecule has 2 amide bonds. The van der Waals surface area contributed by atoms with Gasteiger partial charge in [-0.15, -0.1) is 0 Å². The number of rotatable bonds is 6. The molecule has 1 aromatic carbocycles. The smallest absolute Gasteiger partial charge is 0.246 e. The molecule has 1 aliphatic carbocycles. The molecule has 158 valence electrons. The lowest BCUT2D eigenvalue weighted by Crippen LogP contribution is -2.41. The molecule has 7 heteroatoms. The first kappa shape index (κ1) is 22.1. The Hall–Kier alpha value is -1.56. The molecular formula is C22H29Cl2N3O2. The van der Waals surface area contributed by atoms with E-state index in [2.05, 4.69) is 5.32 Å². The summed E-state index contributed by atoms with van der Waals surface area (Å²) >= 11 is 11.9. The fraction of sp³-hybridized carbons (Fsp3) is 0.545. The topological polar surface area (TPSA) is 52.7 Å². The molecule has 1 saturated carbocycles. The maximum atomic E-state index is 12.5. The van der Waals surface area contributed by atoms with Crippen LogP contribution in [0.5, 0.6) is 0 Å². The second kappa shape index (κ2) is 11.0. The van der Waals surface area contributed by atoms with Gasteiger partial charge in [-0.05, 0) is 36.6 Å². The maximum Gasteiger partial charge on any atom is 0.246 e. The van der Waals surface area contributed by atoms with Crippen LogP contribution in [-0.2, 0) is 9.59 Å². The Balaban J connectivity index is 1.47. The van der Waals surface area contributed by atoms with Gasteiger partial charge in [0.1, 0.15) is 0 Å². The Morgan fingerprint density at radius 3 is 2.66 bits per heavy atom. The number of hydrogen-bond acceptors (Lipinski definition) is 3. The first-order valence-electron chi connectivity index (χ1n) is 10.5. The minimum atomic E-state index is -0.0916. The van der Waals surface area contributed by atoms with E-state index in [1.54, 1.807) is 23.1 Å². The van der Waals surface area contributed by atoms with E-state index in [1.165, 1.54) is 38.2 Å². The minimum Gasteiger partial charge on any atom is -0.340 e. The van der Waals surface area contributed by atoms with E-state index >= 15 is 0 Å². The molecule has 1 saturated heterocycles. The molecule has 0 atom stereocenters. The number of carbonyl (C=O) groups excluding carboxylic acids is 2. The summed E-state index contributed by atoms with van der Waals surface area (Å²) in [6, 6.07) is 5.83. The lowest BCUT2D eigenvalue weighted by atomic mass is 9.95. The highest BCUT2D eigenvalue weighted by Gasteiger charge is 2.23. The van der Waals surface area contributed by atoms with Gasteiger partial charge in [0.2, 0.25) is 11.8 Å². The van der Waals surface area contributed by atoms with Crippen LogP contribution in [0.4, 0.5) is 0 Å². The van der Waals surface area contributed by atoms with Gasteiger partial charge >= 0.3 is 0 Å². The monoisotopic (exact) mass is 437 g/mol. The fourth-order valence-corrected chi connectivity index (χ4v) is 4.23. The van der Waals surface area contributed by atoms with Crippen LogP contribution in [0.25, 0.3) is 6.08 Å². The molecule has 0 spiro atoms. The van der Waals surface area contributed by atoms with Crippen molar-refractivity contribution in [2.75, 3.05) is 32.7 Å². The molecule has 1 aliphatic heterocycles. The third-order valence-electron chi connectivity index (χ3n) is 5.68. The van der Waals surface area contributed by atoms with Crippen molar-refractivity contribution in [1.82, 2.24) is 15.1 Å². The number of nitrogens with one attached hydrogen (secondary N) is 1. The van der Waals surface area contributed by atoms with Crippen molar-refractivity contribution in [3.63, 3.8) is 0 Å². The van der Waals surface area contributed by atoms with Crippen molar-refractivity contribution in [3.8, 4) is 0 Å². The zero-order valence-corrected chi connectivity index (χ0v) is 18.2. The molecule has 0 bridgehead atoms. The largest absolute Gasteiger partial charge is 0.340 e. The number of nitrogens with zero attached hydrogens (tertiary/aromatic N) is 2. The Morgan fingerprint density at radius 2 is 1.90 bits per heavy atom. The molecule has 1 N–H and O–H groups in total. The van der Waals surface area contributed by atoms with Crippen LogP contribution in [0.15, 0.2) is 24.3 Å². The van der Waals surface area contributed by atoms with Gasteiger partial charge in [0, 0.05) is 51.3 Å². The summed E-state index contributed by atoms with van der Waals surface area (Å²) in [4.78, 5) is 28.6. The third kappa shape index (κ3) is 6.73. The van der Waals surface area contributed by atoms with Crippen LogP contribution in [0, 0.1) is 0 Å². The second-order valence-corrected chi connectivity index (χ2v) is 8.57. The van der Waals surface area contributed by atoms with Gasteiger partial charge in [-0.3, -0.25) is 9.59 Å². The summed E-state index contributed by atoms with van der Waals surface area (Å²) in [5, 5.41) is 4.53. The van der Waals surface area contributed by atoms with Gasteiger partial charge in [-0.25, -0.2) is 0 Å². The van der Waals surface area contributed by atoms with Gasteiger partial charge < -0.3 is 15.1 Å². The molecule has 2 fully saturated rings. The molecule has 3 rings (SSSR count). The number of carbonyl (C=O) groups is 2. The van der Waals surface area contributed by atoms with Crippen LogP contribution < -0.4 is 5.32 Å². The summed E-state index contributed by atoms with van der Waals surface area (Å²) in [6.07, 6.45) is 10.0. The van der Waals surface area contributed by atoms with E-state index in [-0.39, 0.29) is 11.8 Å². The van der Waals surface area contributed by atoms with Gasteiger partial charge in [0.15, 0.2) is 0 Å². The van der Waals surface area contributed by atoms with E-state index in [0.717, 1.165) is 12.1 Å². The maximum absolute atomic E-state index is 12.5. The van der Waals surface area contributed by atoms with E-state index in [4.69, 9.17) is 23.2 Å². The molecule has 29 heavy (non-hydrogen) atoms. The van der Waals surface area contributed by atoms with Crippen molar-refractivity contribution in [3.05, 3.63) is 39.9 Å². The normalized spacial score (nSPS) is 19.0. The first-order valence-corrected chi connectivity index (χ1v) is 11.2. The highest BCUT2D eigenvalue weighted by atomic mass is 35.5. The summed E-state index contributed by atoms with van der Waals surface area (Å²) in [6.45, 7) is 3.12. The average molecular weight is 438 g/mol. The Labute approximate surface area is 183 Å². The molecular weight excluding hydrogens is 409 g/mol. The van der Waals surface area contributed by atoms with Crippen molar-refractivity contribution >= 4 is 41.1 Å². The Kier molecular flexibility index (Phi) is 8.40. The zero-order chi connectivity index (χ0) is 20.6. The first-order chi connectivity index (χ1) is 14.0. The zero-order valence-electron chi connectivity index (χ0n) is 16.7. The van der Waals surface area contributed by atoms with Crippen molar-refractivity contribution in [2.24, 2.45) is 0 Å². The van der Waals surface area contributed by atoms with Crippen molar-refractivity contribution in [1.29, 1.82) is 0 Å². The fourth-order valence-electron chi connectivity index (χ4n) is 3.92. The molecule has 0 unspecified atom stereocenters. The van der Waals surface area contributed by atoms with E-state index in [9.17, 15) is 9.59 Å². The number of amides is 2. The van der Waals surface area contributed by atoms with E-state index < -0.39 is 0 Å². The number of benzene rings is 1. The standard InChI is InChI=1S/C22H29Cl2N3O2/c23-19-8-6-17(16-20(19)24)7-9-21(28)26-12-10-22(29)27(15-14-26)13-11-25-18-4-2-1-3-5-18/h6-9,16,18,25H,1-5,10-15H2. The van der Waals surface area contributed by atoms with Crippen LogP contribution in [-0.4, -0.2) is 60.4 Å². The summed E-state index contributed by atoms with van der Waals surface area (Å²) in [5.41, 5.74) is 0.814. The van der Waals surface area contributed by atoms with Crippen LogP contribution >= 0.6 is 23.2 Å². The van der Waals surface area contributed by atoms with Gasteiger partial charge in [-0.1, -0.05) is 48.5 Å². The Morgan fingerprint density at radius 1 is 1.10 bits per heavy atom. The minimum absolute atomic E-state index is 0.0916. The van der Waals surface area contributed by atoms with Crippen molar-refractivity contribution in [2.45, 2.75) is 44.6 Å². The van der Waals surface area contributed by atoms with Crippen molar-refractivity contribution < 1.29 is 9.59 Å². The highest BCUT2D eigenvalue weighted by molar-refractivity contribution is 6.42. The van der Waals surface area contributed by atoms with E-state index in [0.29, 0.717) is 48.7 Å². The summed E-state index contributed by atoms with van der Waals surface area (Å²) in [7, 11) is 0. The number of hydrogen-bond donors (Lipinski definition) is 1. The Bertz CT molecular complexity index is 748. The van der Waals surface area contributed by atoms with Gasteiger partial charge in [-0.2, -0.15) is 0 Å². The quantitative estimate of drug-likeness (QED) is 0.684. The summed E-state index contributed by atoms with van der Waals surface area (Å²) < 4.78 is 0. The molecule has 0 aromatic heterocycles. The van der Waals surface area contributed by atoms with Gasteiger partial charge in [0.05, 0.1) is 10.0 Å². The predicted octanol–water partition coefficient (Wildman–Crippen LogP) is 3.99. The van der Waals surface area contributed by atoms with Crippen LogP contribution in [0.3, 0.4) is 0 Å². The lowest BCUT2D eigenvalue weighted by Gasteiger charge is -2.26. The van der Waals surface area contributed by atoms with Gasteiger partial charge in [0.25, 0.3) is 0 Å². The molecule has 0 radical (unpaired) electrons. The molecule has 1 aromatic rings. The SMILES string of the molecule is O=C(C=Cc1ccc(Cl)c(Cl)c1)N1CCC(=O)N(CCNC2CCCCC2)CC1. The molecule has 2 aliphatic rings. The highest BCUT2D eigenvalue weighted by Crippen LogP contribution is 2.23. The average Bonchev–Trinajstić information content (AvgIpc) is 2.91.